The fourth-order valence-electron chi connectivity index (χ4n) is 4.72. The highest BCUT2D eigenvalue weighted by Crippen LogP contribution is 2.49. The smallest absolute Gasteiger partial charge is 0.171 e. The summed E-state index contributed by atoms with van der Waals surface area (Å²) in [7, 11) is 0. The van der Waals surface area contributed by atoms with Crippen molar-refractivity contribution < 1.29 is 13.6 Å². The average Bonchev–Trinajstić information content (AvgIpc) is 3.33. The molecule has 0 bridgehead atoms. The number of thioether (sulfide) groups is 1. The zero-order chi connectivity index (χ0) is 21.1. The first-order valence-electron chi connectivity index (χ1n) is 10.2. The summed E-state index contributed by atoms with van der Waals surface area (Å²) in [6.07, 6.45) is 2.04. The number of hydrogen-bond donors (Lipinski definition) is 1. The Morgan fingerprint density at radius 2 is 1.65 bits per heavy atom. The maximum absolute atomic E-state index is 13.6. The molecule has 3 heterocycles. The minimum absolute atomic E-state index is 0.0522. The number of carbonyl (C=O) groups is 1. The number of hydrazone groups is 1. The standard InChI is InChI=1S/C23H18F2N4OS/c24-14-8-4-12(5-9-14)19-21-22(28-27-19)29-20(13-6-10-15(25)11-7-13)18-16(26-23(29)31-21)2-1-3-17(18)30/h4-11,19-21,27H,1-3H2. The maximum Gasteiger partial charge on any atom is 0.171 e. The number of amidine groups is 2. The molecule has 0 saturated carbocycles. The summed E-state index contributed by atoms with van der Waals surface area (Å²) in [6.45, 7) is 0. The molecule has 0 spiro atoms. The van der Waals surface area contributed by atoms with Crippen molar-refractivity contribution in [3.05, 3.63) is 82.6 Å². The van der Waals surface area contributed by atoms with Gasteiger partial charge in [0.15, 0.2) is 11.0 Å². The maximum atomic E-state index is 13.6. The van der Waals surface area contributed by atoms with Crippen molar-refractivity contribution in [3.8, 4) is 0 Å². The van der Waals surface area contributed by atoms with Crippen LogP contribution >= 0.6 is 11.8 Å². The van der Waals surface area contributed by atoms with E-state index in [1.165, 1.54) is 24.3 Å². The molecular weight excluding hydrogens is 418 g/mol. The Morgan fingerprint density at radius 1 is 0.968 bits per heavy atom. The molecule has 1 aliphatic carbocycles. The molecule has 2 aromatic rings. The Morgan fingerprint density at radius 3 is 2.35 bits per heavy atom. The molecule has 0 amide bonds. The number of carbonyl (C=O) groups excluding carboxylic acids is 1. The Balaban J connectivity index is 1.43. The molecule has 156 valence electrons. The van der Waals surface area contributed by atoms with Crippen LogP contribution in [-0.4, -0.2) is 26.9 Å². The molecular formula is C23H18F2N4OS. The van der Waals surface area contributed by atoms with Crippen molar-refractivity contribution in [1.29, 1.82) is 0 Å². The fourth-order valence-corrected chi connectivity index (χ4v) is 6.05. The van der Waals surface area contributed by atoms with Gasteiger partial charge in [-0.25, -0.2) is 13.8 Å². The van der Waals surface area contributed by atoms with Crippen LogP contribution in [0.5, 0.6) is 0 Å². The summed E-state index contributed by atoms with van der Waals surface area (Å²) in [6, 6.07) is 12.2. The molecule has 0 aromatic heterocycles. The second-order valence-corrected chi connectivity index (χ2v) is 9.13. The zero-order valence-corrected chi connectivity index (χ0v) is 17.2. The summed E-state index contributed by atoms with van der Waals surface area (Å²) in [4.78, 5) is 19.8. The fraction of sp³-hybridized carbons (Fsp3) is 0.261. The number of nitrogens with one attached hydrogen (secondary N) is 1. The van der Waals surface area contributed by atoms with Gasteiger partial charge in [0, 0.05) is 12.0 Å². The molecule has 1 fully saturated rings. The van der Waals surface area contributed by atoms with Gasteiger partial charge < -0.3 is 0 Å². The first-order valence-corrected chi connectivity index (χ1v) is 11.1. The first kappa shape index (κ1) is 18.7. The molecule has 2 aromatic carbocycles. The summed E-state index contributed by atoms with van der Waals surface area (Å²) in [5.74, 6) is 0.281. The number of nitrogens with zero attached hydrogens (tertiary/aromatic N) is 3. The lowest BCUT2D eigenvalue weighted by Crippen LogP contribution is -2.41. The lowest BCUT2D eigenvalue weighted by atomic mass is 9.85. The minimum atomic E-state index is -0.374. The summed E-state index contributed by atoms with van der Waals surface area (Å²) < 4.78 is 27.0. The molecule has 4 aliphatic rings. The van der Waals surface area contributed by atoms with E-state index in [0.717, 1.165) is 40.7 Å². The number of benzene rings is 2. The van der Waals surface area contributed by atoms with E-state index in [-0.39, 0.29) is 34.8 Å². The van der Waals surface area contributed by atoms with Crippen LogP contribution in [0.4, 0.5) is 8.78 Å². The molecule has 1 saturated heterocycles. The number of rotatable bonds is 2. The van der Waals surface area contributed by atoms with E-state index in [1.54, 1.807) is 36.0 Å². The van der Waals surface area contributed by atoms with Gasteiger partial charge in [0.05, 0.1) is 23.0 Å². The number of hydrogen-bond acceptors (Lipinski definition) is 6. The molecule has 0 radical (unpaired) electrons. The third-order valence-electron chi connectivity index (χ3n) is 6.17. The van der Waals surface area contributed by atoms with E-state index < -0.39 is 0 Å². The summed E-state index contributed by atoms with van der Waals surface area (Å²) in [5, 5.41) is 5.36. The Kier molecular flexibility index (Phi) is 4.24. The number of halogens is 2. The van der Waals surface area contributed by atoms with Crippen LogP contribution in [0.1, 0.15) is 42.5 Å². The van der Waals surface area contributed by atoms with Crippen LogP contribution in [0.25, 0.3) is 0 Å². The van der Waals surface area contributed by atoms with Crippen LogP contribution < -0.4 is 5.43 Å². The van der Waals surface area contributed by atoms with Crippen LogP contribution in [-0.2, 0) is 4.79 Å². The Labute approximate surface area is 181 Å². The molecule has 3 atom stereocenters. The van der Waals surface area contributed by atoms with Crippen LogP contribution in [0.3, 0.4) is 0 Å². The number of allylic oxidation sites excluding steroid dienone is 1. The topological polar surface area (TPSA) is 57.1 Å². The third-order valence-corrected chi connectivity index (χ3v) is 7.40. The van der Waals surface area contributed by atoms with Gasteiger partial charge in [-0.1, -0.05) is 36.0 Å². The van der Waals surface area contributed by atoms with Gasteiger partial charge in [-0.2, -0.15) is 5.10 Å². The molecule has 31 heavy (non-hydrogen) atoms. The van der Waals surface area contributed by atoms with Crippen molar-refractivity contribution in [2.45, 2.75) is 36.6 Å². The van der Waals surface area contributed by atoms with Crippen LogP contribution in [0, 0.1) is 11.6 Å². The third kappa shape index (κ3) is 2.92. The van der Waals surface area contributed by atoms with Gasteiger partial charge in [0.2, 0.25) is 0 Å². The lowest BCUT2D eigenvalue weighted by molar-refractivity contribution is -0.116. The SMILES string of the molecule is O=C1CCCC2=C1C(c1ccc(F)cc1)N1C(=N2)SC2C1=NNC2c1ccc(F)cc1. The largest absolute Gasteiger partial charge is 0.299 e. The van der Waals surface area contributed by atoms with Gasteiger partial charge in [-0.05, 0) is 48.2 Å². The average molecular weight is 436 g/mol. The molecule has 5 nitrogen and oxygen atoms in total. The van der Waals surface area contributed by atoms with Crippen molar-refractivity contribution in [3.63, 3.8) is 0 Å². The van der Waals surface area contributed by atoms with Gasteiger partial charge in [-0.3, -0.25) is 15.1 Å². The minimum Gasteiger partial charge on any atom is -0.299 e. The van der Waals surface area contributed by atoms with Crippen molar-refractivity contribution in [2.75, 3.05) is 0 Å². The van der Waals surface area contributed by atoms with Gasteiger partial charge in [0.1, 0.15) is 17.5 Å². The Bertz CT molecular complexity index is 1170. The van der Waals surface area contributed by atoms with Crippen LogP contribution in [0.15, 0.2) is 69.9 Å². The monoisotopic (exact) mass is 436 g/mol. The quantitative estimate of drug-likeness (QED) is 0.755. The number of aliphatic imine (C=N–C) groups is 1. The van der Waals surface area contributed by atoms with E-state index in [2.05, 4.69) is 10.5 Å². The van der Waals surface area contributed by atoms with Crippen molar-refractivity contribution >= 4 is 28.5 Å². The molecule has 1 N–H and O–H groups in total. The molecule has 3 aliphatic heterocycles. The van der Waals surface area contributed by atoms with Crippen molar-refractivity contribution in [2.24, 2.45) is 10.1 Å². The van der Waals surface area contributed by atoms with E-state index in [9.17, 15) is 13.6 Å². The first-order chi connectivity index (χ1) is 15.1. The van der Waals surface area contributed by atoms with E-state index in [0.29, 0.717) is 12.0 Å². The number of ketones is 1. The molecule has 8 heteroatoms. The van der Waals surface area contributed by atoms with Crippen LogP contribution in [0.2, 0.25) is 0 Å². The highest BCUT2D eigenvalue weighted by Gasteiger charge is 2.51. The zero-order valence-electron chi connectivity index (χ0n) is 16.4. The number of Topliss-reactive ketones (excluding diaryl/α,β-unsaturated/α-hetero) is 1. The molecule has 6 rings (SSSR count). The highest BCUT2D eigenvalue weighted by molar-refractivity contribution is 8.15. The lowest BCUT2D eigenvalue weighted by Gasteiger charge is -2.36. The highest BCUT2D eigenvalue weighted by atomic mass is 32.2. The normalized spacial score (nSPS) is 26.7. The van der Waals surface area contributed by atoms with E-state index in [4.69, 9.17) is 4.99 Å². The van der Waals surface area contributed by atoms with Gasteiger partial charge in [-0.15, -0.1) is 0 Å². The predicted octanol–water partition coefficient (Wildman–Crippen LogP) is 4.46. The predicted molar refractivity (Wildman–Crippen MR) is 115 cm³/mol. The second kappa shape index (κ2) is 7.02. The van der Waals surface area contributed by atoms with Gasteiger partial charge >= 0.3 is 0 Å². The van der Waals surface area contributed by atoms with Gasteiger partial charge in [0.25, 0.3) is 0 Å². The second-order valence-electron chi connectivity index (χ2n) is 8.02. The van der Waals surface area contributed by atoms with Crippen molar-refractivity contribution in [1.82, 2.24) is 10.3 Å². The van der Waals surface area contributed by atoms with E-state index in [1.807, 2.05) is 4.90 Å². The number of fused-ring (bicyclic) bond motifs is 3. The molecule has 3 unspecified atom stereocenters. The Hall–Kier alpha value is -3.00. The summed E-state index contributed by atoms with van der Waals surface area (Å²) >= 11 is 1.60. The summed E-state index contributed by atoms with van der Waals surface area (Å²) in [5.41, 5.74) is 6.47. The van der Waals surface area contributed by atoms with E-state index >= 15 is 0 Å².